The summed E-state index contributed by atoms with van der Waals surface area (Å²) < 4.78 is 0. The molecule has 2 N–H and O–H groups in total. The van der Waals surface area contributed by atoms with E-state index in [9.17, 15) is 4.79 Å². The maximum Gasteiger partial charge on any atom is 0.262 e. The molecule has 4 nitrogen and oxygen atoms in total. The third-order valence-corrected chi connectivity index (χ3v) is 4.24. The lowest BCUT2D eigenvalue weighted by atomic mass is 10.1. The van der Waals surface area contributed by atoms with Crippen LogP contribution in [0.4, 0.5) is 0 Å². The number of hydrogen-bond acceptors (Lipinski definition) is 3. The number of amides is 1. The Balaban J connectivity index is 1.77. The van der Waals surface area contributed by atoms with Gasteiger partial charge in [-0.05, 0) is 23.9 Å². The molecule has 3 aromatic rings. The van der Waals surface area contributed by atoms with Crippen LogP contribution < -0.4 is 5.32 Å². The first-order valence-corrected chi connectivity index (χ1v) is 7.53. The zero-order chi connectivity index (χ0) is 14.7. The number of aromatic amines is 1. The van der Waals surface area contributed by atoms with Gasteiger partial charge >= 0.3 is 0 Å². The van der Waals surface area contributed by atoms with Crippen LogP contribution in [0.5, 0.6) is 0 Å². The quantitative estimate of drug-likeness (QED) is 0.775. The second-order valence-electron chi connectivity index (χ2n) is 4.73. The Morgan fingerprint density at radius 2 is 2.10 bits per heavy atom. The number of aromatic nitrogens is 2. The second-order valence-corrected chi connectivity index (χ2v) is 5.65. The standard InChI is InChI=1S/C16H15N3OS/c1-11-13(10-18-19-11)9-17-16(20)15-14(7-8-21-15)12-5-3-2-4-6-12/h2-8,10H,9H2,1H3,(H,17,20)(H,18,19). The van der Waals surface area contributed by atoms with Crippen molar-refractivity contribution in [2.75, 3.05) is 0 Å². The highest BCUT2D eigenvalue weighted by Gasteiger charge is 2.14. The Morgan fingerprint density at radius 3 is 2.81 bits per heavy atom. The summed E-state index contributed by atoms with van der Waals surface area (Å²) in [7, 11) is 0. The van der Waals surface area contributed by atoms with Crippen molar-refractivity contribution in [3.05, 3.63) is 64.1 Å². The van der Waals surface area contributed by atoms with Crippen molar-refractivity contribution in [1.82, 2.24) is 15.5 Å². The van der Waals surface area contributed by atoms with Gasteiger partial charge in [-0.2, -0.15) is 5.10 Å². The Kier molecular flexibility index (Phi) is 3.83. The van der Waals surface area contributed by atoms with Crippen molar-refractivity contribution in [2.45, 2.75) is 13.5 Å². The fourth-order valence-corrected chi connectivity index (χ4v) is 2.97. The minimum atomic E-state index is -0.0514. The average Bonchev–Trinajstić information content (AvgIpc) is 3.15. The van der Waals surface area contributed by atoms with Crippen molar-refractivity contribution in [3.63, 3.8) is 0 Å². The van der Waals surface area contributed by atoms with Gasteiger partial charge in [-0.3, -0.25) is 9.89 Å². The molecule has 1 aromatic carbocycles. The van der Waals surface area contributed by atoms with E-state index >= 15 is 0 Å². The molecular weight excluding hydrogens is 282 g/mol. The maximum atomic E-state index is 12.4. The first kappa shape index (κ1) is 13.6. The van der Waals surface area contributed by atoms with E-state index in [1.54, 1.807) is 6.20 Å². The van der Waals surface area contributed by atoms with Gasteiger partial charge in [0.1, 0.15) is 0 Å². The minimum absolute atomic E-state index is 0.0514. The number of rotatable bonds is 4. The number of benzene rings is 1. The molecule has 0 spiro atoms. The van der Waals surface area contributed by atoms with Crippen molar-refractivity contribution in [3.8, 4) is 11.1 Å². The maximum absolute atomic E-state index is 12.4. The van der Waals surface area contributed by atoms with Gasteiger partial charge in [0.15, 0.2) is 0 Å². The van der Waals surface area contributed by atoms with Gasteiger partial charge in [0.05, 0.1) is 11.1 Å². The summed E-state index contributed by atoms with van der Waals surface area (Å²) in [6.45, 7) is 2.42. The van der Waals surface area contributed by atoms with Gasteiger partial charge in [0.25, 0.3) is 5.91 Å². The predicted molar refractivity (Wildman–Crippen MR) is 84.2 cm³/mol. The van der Waals surface area contributed by atoms with Gasteiger partial charge in [-0.25, -0.2) is 0 Å². The largest absolute Gasteiger partial charge is 0.347 e. The summed E-state index contributed by atoms with van der Waals surface area (Å²) in [4.78, 5) is 13.1. The van der Waals surface area contributed by atoms with Gasteiger partial charge in [-0.1, -0.05) is 30.3 Å². The SMILES string of the molecule is Cc1[nH]ncc1CNC(=O)c1sccc1-c1ccccc1. The van der Waals surface area contributed by atoms with E-state index in [-0.39, 0.29) is 5.91 Å². The molecule has 0 saturated heterocycles. The molecule has 0 aliphatic rings. The lowest BCUT2D eigenvalue weighted by Crippen LogP contribution is -2.22. The molecule has 3 rings (SSSR count). The van der Waals surface area contributed by atoms with Gasteiger partial charge in [0, 0.05) is 23.4 Å². The van der Waals surface area contributed by atoms with E-state index in [1.807, 2.05) is 48.7 Å². The van der Waals surface area contributed by atoms with Crippen molar-refractivity contribution < 1.29 is 4.79 Å². The molecule has 5 heteroatoms. The molecular formula is C16H15N3OS. The number of nitrogens with zero attached hydrogens (tertiary/aromatic N) is 1. The number of carbonyl (C=O) groups excluding carboxylic acids is 1. The first-order valence-electron chi connectivity index (χ1n) is 6.65. The second kappa shape index (κ2) is 5.93. The summed E-state index contributed by atoms with van der Waals surface area (Å²) in [6, 6.07) is 11.9. The van der Waals surface area contributed by atoms with Crippen LogP contribution in [-0.2, 0) is 6.54 Å². The number of carbonyl (C=O) groups is 1. The lowest BCUT2D eigenvalue weighted by Gasteiger charge is -2.06. The monoisotopic (exact) mass is 297 g/mol. The van der Waals surface area contributed by atoms with Crippen molar-refractivity contribution in [2.24, 2.45) is 0 Å². The molecule has 1 amide bonds. The number of hydrogen-bond donors (Lipinski definition) is 2. The molecule has 2 aromatic heterocycles. The van der Waals surface area contributed by atoms with Crippen LogP contribution in [0.15, 0.2) is 48.0 Å². The van der Waals surface area contributed by atoms with Crippen LogP contribution in [-0.4, -0.2) is 16.1 Å². The predicted octanol–water partition coefficient (Wildman–Crippen LogP) is 3.38. The molecule has 0 atom stereocenters. The van der Waals surface area contributed by atoms with E-state index in [2.05, 4.69) is 15.5 Å². The fraction of sp³-hybridized carbons (Fsp3) is 0.125. The summed E-state index contributed by atoms with van der Waals surface area (Å²) >= 11 is 1.46. The molecule has 2 heterocycles. The van der Waals surface area contributed by atoms with Crippen LogP contribution in [0.25, 0.3) is 11.1 Å². The zero-order valence-corrected chi connectivity index (χ0v) is 12.4. The third kappa shape index (κ3) is 2.87. The van der Waals surface area contributed by atoms with E-state index < -0.39 is 0 Å². The van der Waals surface area contributed by atoms with E-state index in [0.717, 1.165) is 27.3 Å². The van der Waals surface area contributed by atoms with Crippen molar-refractivity contribution in [1.29, 1.82) is 0 Å². The van der Waals surface area contributed by atoms with Gasteiger partial charge < -0.3 is 5.32 Å². The third-order valence-electron chi connectivity index (χ3n) is 3.33. The molecule has 0 radical (unpaired) electrons. The Morgan fingerprint density at radius 1 is 1.29 bits per heavy atom. The Hall–Kier alpha value is -2.40. The van der Waals surface area contributed by atoms with E-state index in [4.69, 9.17) is 0 Å². The summed E-state index contributed by atoms with van der Waals surface area (Å²) in [5.74, 6) is -0.0514. The highest BCUT2D eigenvalue weighted by Crippen LogP contribution is 2.28. The fourth-order valence-electron chi connectivity index (χ4n) is 2.14. The summed E-state index contributed by atoms with van der Waals surface area (Å²) in [5.41, 5.74) is 4.01. The normalized spacial score (nSPS) is 10.5. The molecule has 0 fully saturated rings. The molecule has 0 unspecified atom stereocenters. The smallest absolute Gasteiger partial charge is 0.262 e. The highest BCUT2D eigenvalue weighted by molar-refractivity contribution is 7.12. The molecule has 21 heavy (non-hydrogen) atoms. The topological polar surface area (TPSA) is 57.8 Å². The minimum Gasteiger partial charge on any atom is -0.347 e. The van der Waals surface area contributed by atoms with Crippen LogP contribution in [0.2, 0.25) is 0 Å². The summed E-state index contributed by atoms with van der Waals surface area (Å²) in [6.07, 6.45) is 1.74. The van der Waals surface area contributed by atoms with Gasteiger partial charge in [0.2, 0.25) is 0 Å². The van der Waals surface area contributed by atoms with E-state index in [1.165, 1.54) is 11.3 Å². The van der Waals surface area contributed by atoms with Crippen LogP contribution in [0.3, 0.4) is 0 Å². The number of thiophene rings is 1. The Labute approximate surface area is 126 Å². The van der Waals surface area contributed by atoms with Crippen LogP contribution in [0, 0.1) is 6.92 Å². The molecule has 0 aliphatic carbocycles. The van der Waals surface area contributed by atoms with Crippen LogP contribution >= 0.6 is 11.3 Å². The molecule has 0 saturated carbocycles. The number of H-pyrrole nitrogens is 1. The van der Waals surface area contributed by atoms with Crippen LogP contribution in [0.1, 0.15) is 20.9 Å². The zero-order valence-electron chi connectivity index (χ0n) is 11.6. The molecule has 106 valence electrons. The van der Waals surface area contributed by atoms with Gasteiger partial charge in [-0.15, -0.1) is 11.3 Å². The number of nitrogens with one attached hydrogen (secondary N) is 2. The van der Waals surface area contributed by atoms with E-state index in [0.29, 0.717) is 6.54 Å². The molecule has 0 aliphatic heterocycles. The number of aryl methyl sites for hydroxylation is 1. The average molecular weight is 297 g/mol. The first-order chi connectivity index (χ1) is 10.3. The summed E-state index contributed by atoms with van der Waals surface area (Å²) in [5, 5.41) is 11.7. The highest BCUT2D eigenvalue weighted by atomic mass is 32.1. The lowest BCUT2D eigenvalue weighted by molar-refractivity contribution is 0.0955. The van der Waals surface area contributed by atoms with Crippen molar-refractivity contribution >= 4 is 17.2 Å². The molecule has 0 bridgehead atoms. The Bertz CT molecular complexity index is 746.